The van der Waals surface area contributed by atoms with Gasteiger partial charge in [0.05, 0.1) is 0 Å². The third-order valence-electron chi connectivity index (χ3n) is 3.71. The molecular formula is C17H16ClNO2. The number of carbonyl (C=O) groups is 1. The third-order valence-corrected chi connectivity index (χ3v) is 3.97. The molecule has 0 saturated carbocycles. The van der Waals surface area contributed by atoms with Crippen molar-refractivity contribution in [1.29, 1.82) is 0 Å². The summed E-state index contributed by atoms with van der Waals surface area (Å²) in [7, 11) is 1.83. The number of carbonyl (C=O) groups excluding carboxylic acids is 1. The van der Waals surface area contributed by atoms with Gasteiger partial charge in [-0.05, 0) is 36.2 Å². The van der Waals surface area contributed by atoms with E-state index in [4.69, 9.17) is 16.3 Å². The molecule has 0 spiro atoms. The minimum atomic E-state index is 0.0631. The zero-order valence-corrected chi connectivity index (χ0v) is 12.6. The summed E-state index contributed by atoms with van der Waals surface area (Å²) in [6.07, 6.45) is 0.828. The number of benzene rings is 2. The largest absolute Gasteiger partial charge is 0.489 e. The lowest BCUT2D eigenvalue weighted by molar-refractivity contribution is 0.0779. The monoisotopic (exact) mass is 301 g/mol. The maximum atomic E-state index is 12.1. The number of likely N-dealkylation sites (N-methyl/N-ethyl adjacent to an activating group) is 1. The van der Waals surface area contributed by atoms with Gasteiger partial charge in [0.2, 0.25) is 0 Å². The molecule has 0 aliphatic carbocycles. The van der Waals surface area contributed by atoms with Crippen LogP contribution >= 0.6 is 11.6 Å². The summed E-state index contributed by atoms with van der Waals surface area (Å²) in [6, 6.07) is 13.2. The number of fused-ring (bicyclic) bond motifs is 1. The molecule has 4 heteroatoms. The van der Waals surface area contributed by atoms with Crippen molar-refractivity contribution in [2.24, 2.45) is 0 Å². The Morgan fingerprint density at radius 1 is 1.19 bits per heavy atom. The van der Waals surface area contributed by atoms with Gasteiger partial charge in [0.1, 0.15) is 12.4 Å². The van der Waals surface area contributed by atoms with Gasteiger partial charge < -0.3 is 9.64 Å². The number of hydrogen-bond acceptors (Lipinski definition) is 2. The van der Waals surface area contributed by atoms with E-state index in [1.807, 2.05) is 49.5 Å². The molecule has 2 aromatic carbocycles. The molecule has 3 nitrogen and oxygen atoms in total. The van der Waals surface area contributed by atoms with Crippen LogP contribution in [-0.2, 0) is 13.0 Å². The van der Waals surface area contributed by atoms with Crippen LogP contribution in [-0.4, -0.2) is 24.4 Å². The molecule has 1 aliphatic heterocycles. The fourth-order valence-corrected chi connectivity index (χ4v) is 2.61. The van der Waals surface area contributed by atoms with E-state index in [1.165, 1.54) is 0 Å². The van der Waals surface area contributed by atoms with Gasteiger partial charge in [-0.3, -0.25) is 4.79 Å². The van der Waals surface area contributed by atoms with Crippen molar-refractivity contribution in [2.75, 3.05) is 13.6 Å². The molecule has 0 fully saturated rings. The smallest absolute Gasteiger partial charge is 0.254 e. The molecule has 3 rings (SSSR count). The average Bonchev–Trinajstić information content (AvgIpc) is 2.50. The highest BCUT2D eigenvalue weighted by Crippen LogP contribution is 2.28. The third kappa shape index (κ3) is 2.88. The first-order valence-electron chi connectivity index (χ1n) is 6.90. The number of ether oxygens (including phenoxy) is 1. The fourth-order valence-electron chi connectivity index (χ4n) is 2.49. The number of halogens is 1. The lowest BCUT2D eigenvalue weighted by atomic mass is 9.98. The van der Waals surface area contributed by atoms with Crippen molar-refractivity contribution in [3.63, 3.8) is 0 Å². The first-order valence-corrected chi connectivity index (χ1v) is 7.27. The van der Waals surface area contributed by atoms with Gasteiger partial charge in [0.25, 0.3) is 5.91 Å². The van der Waals surface area contributed by atoms with E-state index in [9.17, 15) is 4.79 Å². The van der Waals surface area contributed by atoms with Crippen LogP contribution in [0.3, 0.4) is 0 Å². The summed E-state index contributed by atoms with van der Waals surface area (Å²) in [4.78, 5) is 13.9. The predicted molar refractivity (Wildman–Crippen MR) is 82.9 cm³/mol. The number of amides is 1. The van der Waals surface area contributed by atoms with E-state index in [0.717, 1.165) is 35.4 Å². The van der Waals surface area contributed by atoms with E-state index >= 15 is 0 Å². The zero-order chi connectivity index (χ0) is 14.8. The van der Waals surface area contributed by atoms with Gasteiger partial charge in [0.15, 0.2) is 0 Å². The van der Waals surface area contributed by atoms with Crippen LogP contribution in [0.15, 0.2) is 42.5 Å². The lowest BCUT2D eigenvalue weighted by Gasteiger charge is -2.26. The maximum absolute atomic E-state index is 12.1. The van der Waals surface area contributed by atoms with Crippen LogP contribution in [0.4, 0.5) is 0 Å². The molecule has 0 atom stereocenters. The van der Waals surface area contributed by atoms with Gasteiger partial charge in [-0.2, -0.15) is 0 Å². The highest BCUT2D eigenvalue weighted by atomic mass is 35.5. The summed E-state index contributed by atoms with van der Waals surface area (Å²) in [5, 5.41) is 0.712. The van der Waals surface area contributed by atoms with Crippen LogP contribution in [0.1, 0.15) is 21.5 Å². The molecule has 0 aromatic heterocycles. The lowest BCUT2D eigenvalue weighted by Crippen LogP contribution is -2.34. The molecule has 1 aliphatic rings. The summed E-state index contributed by atoms with van der Waals surface area (Å²) in [5.41, 5.74) is 2.81. The quantitative estimate of drug-likeness (QED) is 0.868. The molecule has 2 aromatic rings. The summed E-state index contributed by atoms with van der Waals surface area (Å²) < 4.78 is 5.90. The first kappa shape index (κ1) is 14.0. The van der Waals surface area contributed by atoms with Crippen molar-refractivity contribution in [1.82, 2.24) is 4.90 Å². The first-order chi connectivity index (χ1) is 10.1. The van der Waals surface area contributed by atoms with Crippen molar-refractivity contribution >= 4 is 17.5 Å². The highest BCUT2D eigenvalue weighted by Gasteiger charge is 2.23. The van der Waals surface area contributed by atoms with E-state index in [1.54, 1.807) is 4.90 Å². The van der Waals surface area contributed by atoms with Gasteiger partial charge >= 0.3 is 0 Å². The van der Waals surface area contributed by atoms with Crippen LogP contribution in [0.25, 0.3) is 0 Å². The van der Waals surface area contributed by atoms with E-state index < -0.39 is 0 Å². The van der Waals surface area contributed by atoms with Gasteiger partial charge in [0, 0.05) is 29.7 Å². The minimum Gasteiger partial charge on any atom is -0.489 e. The second-order valence-corrected chi connectivity index (χ2v) is 5.61. The summed E-state index contributed by atoms with van der Waals surface area (Å²) in [5.74, 6) is 0.858. The zero-order valence-electron chi connectivity index (χ0n) is 11.8. The normalized spacial score (nSPS) is 14.0. The highest BCUT2D eigenvalue weighted by molar-refractivity contribution is 6.30. The van der Waals surface area contributed by atoms with Crippen molar-refractivity contribution in [3.05, 3.63) is 64.2 Å². The van der Waals surface area contributed by atoms with E-state index in [-0.39, 0.29) is 5.91 Å². The number of hydrogen-bond donors (Lipinski definition) is 0. The molecule has 0 radical (unpaired) electrons. The Labute approximate surface area is 129 Å². The molecular weight excluding hydrogens is 286 g/mol. The SMILES string of the molecule is CN1CCc2c(OCc3ccc(Cl)cc3)cccc2C1=O. The number of rotatable bonds is 3. The Balaban J connectivity index is 1.80. The Bertz CT molecular complexity index is 667. The molecule has 21 heavy (non-hydrogen) atoms. The Morgan fingerprint density at radius 3 is 2.71 bits per heavy atom. The van der Waals surface area contributed by atoms with Crippen LogP contribution in [0.2, 0.25) is 5.02 Å². The van der Waals surface area contributed by atoms with Gasteiger partial charge in [-0.15, -0.1) is 0 Å². The molecule has 1 heterocycles. The Hall–Kier alpha value is -2.00. The molecule has 0 saturated heterocycles. The summed E-state index contributed by atoms with van der Waals surface area (Å²) in [6.45, 7) is 1.20. The van der Waals surface area contributed by atoms with Gasteiger partial charge in [-0.1, -0.05) is 29.8 Å². The Morgan fingerprint density at radius 2 is 1.95 bits per heavy atom. The van der Waals surface area contributed by atoms with E-state index in [2.05, 4.69) is 0 Å². The molecule has 0 unspecified atom stereocenters. The predicted octanol–water partition coefficient (Wildman–Crippen LogP) is 3.55. The van der Waals surface area contributed by atoms with Crippen molar-refractivity contribution in [2.45, 2.75) is 13.0 Å². The second kappa shape index (κ2) is 5.78. The number of nitrogens with zero attached hydrogens (tertiary/aromatic N) is 1. The second-order valence-electron chi connectivity index (χ2n) is 5.17. The van der Waals surface area contributed by atoms with Gasteiger partial charge in [-0.25, -0.2) is 0 Å². The standard InChI is InChI=1S/C17H16ClNO2/c1-19-10-9-14-15(17(19)20)3-2-4-16(14)21-11-12-5-7-13(18)8-6-12/h2-8H,9-11H2,1H3. The van der Waals surface area contributed by atoms with Crippen LogP contribution in [0.5, 0.6) is 5.75 Å². The average molecular weight is 302 g/mol. The molecule has 1 amide bonds. The van der Waals surface area contributed by atoms with Crippen molar-refractivity contribution in [3.8, 4) is 5.75 Å². The van der Waals surface area contributed by atoms with Crippen LogP contribution in [0, 0.1) is 0 Å². The molecule has 0 bridgehead atoms. The van der Waals surface area contributed by atoms with Crippen LogP contribution < -0.4 is 4.74 Å². The van der Waals surface area contributed by atoms with E-state index in [0.29, 0.717) is 11.6 Å². The summed E-state index contributed by atoms with van der Waals surface area (Å²) >= 11 is 5.87. The molecule has 0 N–H and O–H groups in total. The fraction of sp³-hybridized carbons (Fsp3) is 0.235. The molecule has 108 valence electrons. The Kier molecular flexibility index (Phi) is 3.84. The van der Waals surface area contributed by atoms with Crippen molar-refractivity contribution < 1.29 is 9.53 Å². The minimum absolute atomic E-state index is 0.0631. The maximum Gasteiger partial charge on any atom is 0.254 e. The topological polar surface area (TPSA) is 29.5 Å².